The van der Waals surface area contributed by atoms with Crippen LogP contribution in [0.3, 0.4) is 0 Å². The Kier molecular flexibility index (Phi) is 8.71. The minimum Gasteiger partial charge on any atom is -0.354 e. The van der Waals surface area contributed by atoms with Crippen molar-refractivity contribution in [1.29, 1.82) is 0 Å². The smallest absolute Gasteiger partial charge is 0.240 e. The van der Waals surface area contributed by atoms with Gasteiger partial charge < -0.3 is 15.5 Å². The summed E-state index contributed by atoms with van der Waals surface area (Å²) in [4.78, 5) is 43.3. The summed E-state index contributed by atoms with van der Waals surface area (Å²) in [6, 6.07) is 15.5. The summed E-state index contributed by atoms with van der Waals surface area (Å²) in [7, 11) is 0. The SMILES string of the molecule is Cc1ccc(N(CC(=O)NCCc2ccccc2)C(=O)CCC(=O)Nc2nccs2)cc1C. The standard InChI is InChI=1S/C25H28N4O3S/c1-18-8-9-21(16-19(18)2)29(17-23(31)26-13-12-20-6-4-3-5-7-20)24(32)11-10-22(30)28-25-27-14-15-33-25/h3-9,14-16H,10-13,17H2,1-2H3,(H,26,31)(H,27,28,30). The van der Waals surface area contributed by atoms with Crippen molar-refractivity contribution in [1.82, 2.24) is 10.3 Å². The molecule has 33 heavy (non-hydrogen) atoms. The van der Waals surface area contributed by atoms with Crippen molar-refractivity contribution in [3.63, 3.8) is 0 Å². The first-order valence-electron chi connectivity index (χ1n) is 10.8. The molecule has 0 saturated heterocycles. The Morgan fingerprint density at radius 1 is 0.970 bits per heavy atom. The molecule has 0 spiro atoms. The van der Waals surface area contributed by atoms with Gasteiger partial charge in [-0.3, -0.25) is 14.4 Å². The van der Waals surface area contributed by atoms with Crippen molar-refractivity contribution in [2.75, 3.05) is 23.3 Å². The lowest BCUT2D eigenvalue weighted by atomic mass is 10.1. The topological polar surface area (TPSA) is 91.4 Å². The van der Waals surface area contributed by atoms with Crippen LogP contribution >= 0.6 is 11.3 Å². The van der Waals surface area contributed by atoms with Crippen LogP contribution in [0, 0.1) is 13.8 Å². The molecule has 8 heteroatoms. The van der Waals surface area contributed by atoms with Crippen LogP contribution in [0.1, 0.15) is 29.5 Å². The van der Waals surface area contributed by atoms with E-state index in [1.807, 2.05) is 62.4 Å². The monoisotopic (exact) mass is 464 g/mol. The third-order valence-corrected chi connectivity index (χ3v) is 5.92. The summed E-state index contributed by atoms with van der Waals surface area (Å²) < 4.78 is 0. The molecule has 0 saturated carbocycles. The molecule has 1 heterocycles. The van der Waals surface area contributed by atoms with Gasteiger partial charge >= 0.3 is 0 Å². The zero-order valence-corrected chi connectivity index (χ0v) is 19.7. The molecular formula is C25H28N4O3S. The molecular weight excluding hydrogens is 436 g/mol. The number of nitrogens with one attached hydrogen (secondary N) is 2. The van der Waals surface area contributed by atoms with Gasteiger partial charge in [0.2, 0.25) is 17.7 Å². The number of rotatable bonds is 10. The highest BCUT2D eigenvalue weighted by atomic mass is 32.1. The average molecular weight is 465 g/mol. The predicted octanol–water partition coefficient (Wildman–Crippen LogP) is 3.87. The second-order valence-corrected chi connectivity index (χ2v) is 8.61. The van der Waals surface area contributed by atoms with E-state index in [9.17, 15) is 14.4 Å². The lowest BCUT2D eigenvalue weighted by Crippen LogP contribution is -2.41. The van der Waals surface area contributed by atoms with Crippen LogP contribution in [0.25, 0.3) is 0 Å². The van der Waals surface area contributed by atoms with E-state index in [1.165, 1.54) is 16.2 Å². The zero-order valence-electron chi connectivity index (χ0n) is 18.8. The number of hydrogen-bond acceptors (Lipinski definition) is 5. The highest BCUT2D eigenvalue weighted by molar-refractivity contribution is 7.13. The van der Waals surface area contributed by atoms with Gasteiger partial charge in [-0.25, -0.2) is 4.98 Å². The quantitative estimate of drug-likeness (QED) is 0.477. The number of thiazole rings is 1. The fourth-order valence-electron chi connectivity index (χ4n) is 3.23. The van der Waals surface area contributed by atoms with Gasteiger partial charge in [0.1, 0.15) is 6.54 Å². The minimum atomic E-state index is -0.286. The van der Waals surface area contributed by atoms with Crippen molar-refractivity contribution < 1.29 is 14.4 Å². The second kappa shape index (κ2) is 11.9. The number of carbonyl (C=O) groups excluding carboxylic acids is 3. The molecule has 1 aromatic heterocycles. The number of aromatic nitrogens is 1. The summed E-state index contributed by atoms with van der Waals surface area (Å²) >= 11 is 1.31. The van der Waals surface area contributed by atoms with Gasteiger partial charge in [0.05, 0.1) is 0 Å². The summed E-state index contributed by atoms with van der Waals surface area (Å²) in [5.41, 5.74) is 3.89. The molecule has 7 nitrogen and oxygen atoms in total. The predicted molar refractivity (Wildman–Crippen MR) is 131 cm³/mol. The first-order valence-corrected chi connectivity index (χ1v) is 11.7. The maximum atomic E-state index is 13.0. The largest absolute Gasteiger partial charge is 0.354 e. The summed E-state index contributed by atoms with van der Waals surface area (Å²) in [5.74, 6) is -0.818. The van der Waals surface area contributed by atoms with Gasteiger partial charge in [0.25, 0.3) is 0 Å². The maximum Gasteiger partial charge on any atom is 0.240 e. The van der Waals surface area contributed by atoms with Gasteiger partial charge in [-0.15, -0.1) is 11.3 Å². The van der Waals surface area contributed by atoms with Crippen molar-refractivity contribution >= 4 is 39.9 Å². The van der Waals surface area contributed by atoms with E-state index in [1.54, 1.807) is 11.6 Å². The number of carbonyl (C=O) groups is 3. The highest BCUT2D eigenvalue weighted by Crippen LogP contribution is 2.20. The lowest BCUT2D eigenvalue weighted by Gasteiger charge is -2.23. The molecule has 0 aliphatic heterocycles. The zero-order chi connectivity index (χ0) is 23.6. The number of amides is 3. The summed E-state index contributed by atoms with van der Waals surface area (Å²) in [5, 5.41) is 7.82. The Hall–Kier alpha value is -3.52. The first kappa shape index (κ1) is 24.1. The molecule has 0 radical (unpaired) electrons. The van der Waals surface area contributed by atoms with E-state index in [4.69, 9.17) is 0 Å². The van der Waals surface area contributed by atoms with Crippen LogP contribution in [-0.4, -0.2) is 35.8 Å². The van der Waals surface area contributed by atoms with Gasteiger partial charge in [-0.2, -0.15) is 0 Å². The van der Waals surface area contributed by atoms with E-state index in [0.717, 1.165) is 16.7 Å². The molecule has 0 bridgehead atoms. The van der Waals surface area contributed by atoms with Crippen molar-refractivity contribution in [3.8, 4) is 0 Å². The van der Waals surface area contributed by atoms with Crippen LogP contribution in [0.4, 0.5) is 10.8 Å². The van der Waals surface area contributed by atoms with Crippen molar-refractivity contribution in [3.05, 3.63) is 76.8 Å². The number of hydrogen-bond donors (Lipinski definition) is 2. The van der Waals surface area contributed by atoms with Crippen LogP contribution in [0.5, 0.6) is 0 Å². The Morgan fingerprint density at radius 3 is 2.45 bits per heavy atom. The van der Waals surface area contributed by atoms with Crippen molar-refractivity contribution in [2.24, 2.45) is 0 Å². The van der Waals surface area contributed by atoms with Crippen LogP contribution in [-0.2, 0) is 20.8 Å². The molecule has 3 amide bonds. The number of aryl methyl sites for hydroxylation is 2. The van der Waals surface area contributed by atoms with E-state index in [-0.39, 0.29) is 37.1 Å². The molecule has 0 aliphatic carbocycles. The Labute approximate surface area is 197 Å². The lowest BCUT2D eigenvalue weighted by molar-refractivity contribution is -0.125. The molecule has 3 rings (SSSR count). The Balaban J connectivity index is 1.61. The maximum absolute atomic E-state index is 13.0. The van der Waals surface area contributed by atoms with Crippen LogP contribution in [0.15, 0.2) is 60.1 Å². The van der Waals surface area contributed by atoms with Gasteiger partial charge in [0.15, 0.2) is 5.13 Å². The van der Waals surface area contributed by atoms with E-state index >= 15 is 0 Å². The molecule has 0 atom stereocenters. The molecule has 172 valence electrons. The van der Waals surface area contributed by atoms with Crippen LogP contribution in [0.2, 0.25) is 0 Å². The molecule has 3 aromatic rings. The van der Waals surface area contributed by atoms with Gasteiger partial charge in [-0.1, -0.05) is 36.4 Å². The Bertz CT molecular complexity index is 1080. The number of benzene rings is 2. The van der Waals surface area contributed by atoms with E-state index in [2.05, 4.69) is 15.6 Å². The van der Waals surface area contributed by atoms with E-state index < -0.39 is 0 Å². The molecule has 0 aliphatic rings. The number of nitrogens with zero attached hydrogens (tertiary/aromatic N) is 2. The molecule has 2 aromatic carbocycles. The normalized spacial score (nSPS) is 10.5. The highest BCUT2D eigenvalue weighted by Gasteiger charge is 2.20. The Morgan fingerprint density at radius 2 is 1.76 bits per heavy atom. The fraction of sp³-hybridized carbons (Fsp3) is 0.280. The third kappa shape index (κ3) is 7.54. The fourth-order valence-corrected chi connectivity index (χ4v) is 3.77. The van der Waals surface area contributed by atoms with Crippen molar-refractivity contribution in [2.45, 2.75) is 33.1 Å². The molecule has 0 fully saturated rings. The molecule has 2 N–H and O–H groups in total. The van der Waals surface area contributed by atoms with Crippen LogP contribution < -0.4 is 15.5 Å². The minimum absolute atomic E-state index is 0.00931. The third-order valence-electron chi connectivity index (χ3n) is 5.23. The van der Waals surface area contributed by atoms with Gasteiger partial charge in [0, 0.05) is 36.7 Å². The summed E-state index contributed by atoms with van der Waals surface area (Å²) in [6.07, 6.45) is 2.31. The number of anilines is 2. The summed E-state index contributed by atoms with van der Waals surface area (Å²) in [6.45, 7) is 4.33. The first-order chi connectivity index (χ1) is 15.9. The molecule has 0 unspecified atom stereocenters. The van der Waals surface area contributed by atoms with Gasteiger partial charge in [-0.05, 0) is 49.1 Å². The second-order valence-electron chi connectivity index (χ2n) is 7.72. The van der Waals surface area contributed by atoms with E-state index in [0.29, 0.717) is 23.8 Å². The average Bonchev–Trinajstić information content (AvgIpc) is 3.31.